The van der Waals surface area contributed by atoms with Gasteiger partial charge in [0.25, 0.3) is 0 Å². The zero-order valence-electron chi connectivity index (χ0n) is 38.6. The van der Waals surface area contributed by atoms with Gasteiger partial charge in [-0.3, -0.25) is 4.79 Å². The van der Waals surface area contributed by atoms with Crippen molar-refractivity contribution in [2.75, 3.05) is 19.8 Å². The molecule has 2 rings (SSSR count). The van der Waals surface area contributed by atoms with Crippen molar-refractivity contribution in [1.29, 1.82) is 0 Å². The predicted octanol–water partition coefficient (Wildman–Crippen LogP) is 5.99. The molecule has 0 aromatic rings. The number of aliphatic hydroxyl groups is 8. The Kier molecular flexibility index (Phi) is 32.9. The quantitative estimate of drug-likeness (QED) is 0.0257. The van der Waals surface area contributed by atoms with Crippen LogP contribution in [0.4, 0.5) is 0 Å². The fourth-order valence-corrected chi connectivity index (χ4v) is 8.35. The van der Waals surface area contributed by atoms with E-state index >= 15 is 0 Å². The van der Waals surface area contributed by atoms with E-state index in [4.69, 9.17) is 18.9 Å². The van der Waals surface area contributed by atoms with E-state index in [1.165, 1.54) is 128 Å². The van der Waals surface area contributed by atoms with Crippen molar-refractivity contribution in [3.8, 4) is 0 Å². The number of unbranched alkanes of at least 4 members (excludes halogenated alkanes) is 25. The average Bonchev–Trinajstić information content (AvgIpc) is 3.27. The van der Waals surface area contributed by atoms with E-state index in [0.29, 0.717) is 6.42 Å². The SMILES string of the molecule is CCCCCCCCCCCCCC/C=C/C(O)C(COC1OC(CO)C(OC2OC(CO)C(O)C(O)C2O)C(O)C1O)NC(=O)CCCCCCCCCCCCCCCC. The molecule has 2 fully saturated rings. The molecule has 9 N–H and O–H groups in total. The molecule has 0 spiro atoms. The number of amides is 1. The summed E-state index contributed by atoms with van der Waals surface area (Å²) in [6.45, 7) is 2.78. The molecule has 0 aromatic heterocycles. The maximum Gasteiger partial charge on any atom is 0.220 e. The highest BCUT2D eigenvalue weighted by molar-refractivity contribution is 5.76. The summed E-state index contributed by atoms with van der Waals surface area (Å²) in [4.78, 5) is 13.1. The van der Waals surface area contributed by atoms with Crippen LogP contribution in [0.15, 0.2) is 12.2 Å². The second kappa shape index (κ2) is 35.9. The molecule has 2 aliphatic rings. The van der Waals surface area contributed by atoms with Crippen molar-refractivity contribution < 1.29 is 64.6 Å². The second-order valence-corrected chi connectivity index (χ2v) is 18.0. The fourth-order valence-electron chi connectivity index (χ4n) is 8.35. The van der Waals surface area contributed by atoms with Gasteiger partial charge in [-0.05, 0) is 19.3 Å². The Morgan fingerprint density at radius 2 is 1.00 bits per heavy atom. The number of aliphatic hydroxyl groups excluding tert-OH is 8. The molecule has 2 saturated heterocycles. The molecule has 2 aliphatic heterocycles. The van der Waals surface area contributed by atoms with Gasteiger partial charge in [-0.15, -0.1) is 0 Å². The van der Waals surface area contributed by atoms with Gasteiger partial charge in [0.05, 0.1) is 32.0 Å². The van der Waals surface area contributed by atoms with Gasteiger partial charge in [0, 0.05) is 6.42 Å². The largest absolute Gasteiger partial charge is 0.394 e. The lowest BCUT2D eigenvalue weighted by Crippen LogP contribution is -2.65. The first kappa shape index (κ1) is 56.9. The zero-order valence-corrected chi connectivity index (χ0v) is 38.6. The van der Waals surface area contributed by atoms with E-state index in [9.17, 15) is 45.6 Å². The normalized spacial score (nSPS) is 27.8. The number of hydrogen-bond acceptors (Lipinski definition) is 13. The van der Waals surface area contributed by atoms with Crippen molar-refractivity contribution in [2.45, 2.75) is 267 Å². The highest BCUT2D eigenvalue weighted by atomic mass is 16.7. The smallest absolute Gasteiger partial charge is 0.220 e. The third-order valence-corrected chi connectivity index (χ3v) is 12.5. The summed E-state index contributed by atoms with van der Waals surface area (Å²) in [5, 5.41) is 86.6. The molecule has 0 aromatic carbocycles. The molecule has 62 heavy (non-hydrogen) atoms. The molecule has 12 unspecified atom stereocenters. The number of rotatable bonds is 38. The predicted molar refractivity (Wildman–Crippen MR) is 240 cm³/mol. The molecule has 14 heteroatoms. The summed E-state index contributed by atoms with van der Waals surface area (Å²) in [7, 11) is 0. The number of nitrogens with one attached hydrogen (secondary N) is 1. The summed E-state index contributed by atoms with van der Waals surface area (Å²) in [6, 6.07) is -0.907. The number of carbonyl (C=O) groups excluding carboxylic acids is 1. The van der Waals surface area contributed by atoms with E-state index in [1.807, 2.05) is 6.08 Å². The van der Waals surface area contributed by atoms with Gasteiger partial charge in [0.2, 0.25) is 5.91 Å². The molecule has 12 atom stereocenters. The minimum atomic E-state index is -1.78. The topological polar surface area (TPSA) is 228 Å². The fraction of sp³-hybridized carbons (Fsp3) is 0.938. The molecule has 0 bridgehead atoms. The van der Waals surface area contributed by atoms with Gasteiger partial charge in [-0.2, -0.15) is 0 Å². The second-order valence-electron chi connectivity index (χ2n) is 18.0. The van der Waals surface area contributed by atoms with Crippen LogP contribution in [0.2, 0.25) is 0 Å². The van der Waals surface area contributed by atoms with Crippen molar-refractivity contribution in [2.24, 2.45) is 0 Å². The lowest BCUT2D eigenvalue weighted by Gasteiger charge is -2.46. The number of ether oxygens (including phenoxy) is 4. The maximum atomic E-state index is 13.1. The minimum absolute atomic E-state index is 0.239. The third-order valence-electron chi connectivity index (χ3n) is 12.5. The molecule has 366 valence electrons. The van der Waals surface area contributed by atoms with Crippen LogP contribution in [0.5, 0.6) is 0 Å². The van der Waals surface area contributed by atoms with Crippen molar-refractivity contribution in [3.63, 3.8) is 0 Å². The Balaban J connectivity index is 1.87. The standard InChI is InChI=1S/C48H91NO13/c1-3-5-7-9-11-13-15-17-19-21-23-25-27-29-31-37(52)36(49-40(53)32-30-28-26-24-22-20-18-16-14-12-10-8-6-4-2)35-59-47-45(58)43(56)46(39(34-51)61-47)62-48-44(57)42(55)41(54)38(33-50)60-48/h29,31,36-39,41-48,50-52,54-58H,3-28,30,32-35H2,1-2H3,(H,49,53)/b31-29+. The molecule has 14 nitrogen and oxygen atoms in total. The molecular formula is C48H91NO13. The molecule has 0 aliphatic carbocycles. The molecule has 0 saturated carbocycles. The Bertz CT molecular complexity index is 1100. The summed E-state index contributed by atoms with van der Waals surface area (Å²) in [5.41, 5.74) is 0. The number of hydrogen-bond donors (Lipinski definition) is 9. The van der Waals surface area contributed by atoms with Crippen LogP contribution >= 0.6 is 0 Å². The highest BCUT2D eigenvalue weighted by Crippen LogP contribution is 2.30. The van der Waals surface area contributed by atoms with Crippen molar-refractivity contribution in [3.05, 3.63) is 12.2 Å². The summed E-state index contributed by atoms with van der Waals surface area (Å²) >= 11 is 0. The first-order chi connectivity index (χ1) is 30.1. The Labute approximate surface area is 374 Å². The molecular weight excluding hydrogens is 799 g/mol. The van der Waals surface area contributed by atoms with Gasteiger partial charge in [-0.1, -0.05) is 180 Å². The Hall–Kier alpha value is -1.27. The van der Waals surface area contributed by atoms with E-state index in [-0.39, 0.29) is 18.9 Å². The summed E-state index contributed by atoms with van der Waals surface area (Å²) in [5.74, 6) is -0.239. The Morgan fingerprint density at radius 1 is 0.565 bits per heavy atom. The van der Waals surface area contributed by atoms with Gasteiger partial charge in [0.15, 0.2) is 12.6 Å². The highest BCUT2D eigenvalue weighted by Gasteiger charge is 2.51. The maximum absolute atomic E-state index is 13.1. The van der Waals surface area contributed by atoms with E-state index in [2.05, 4.69) is 19.2 Å². The van der Waals surface area contributed by atoms with Gasteiger partial charge in [0.1, 0.15) is 48.8 Å². The van der Waals surface area contributed by atoms with E-state index in [0.717, 1.165) is 38.5 Å². The van der Waals surface area contributed by atoms with E-state index in [1.54, 1.807) is 6.08 Å². The first-order valence-corrected chi connectivity index (χ1v) is 24.9. The zero-order chi connectivity index (χ0) is 45.4. The van der Waals surface area contributed by atoms with Gasteiger partial charge >= 0.3 is 0 Å². The third kappa shape index (κ3) is 23.3. The van der Waals surface area contributed by atoms with Crippen LogP contribution in [0.25, 0.3) is 0 Å². The molecule has 0 radical (unpaired) electrons. The lowest BCUT2D eigenvalue weighted by atomic mass is 9.97. The number of carbonyl (C=O) groups is 1. The summed E-state index contributed by atoms with van der Waals surface area (Å²) < 4.78 is 22.7. The lowest BCUT2D eigenvalue weighted by molar-refractivity contribution is -0.359. The van der Waals surface area contributed by atoms with E-state index < -0.39 is 86.8 Å². The van der Waals surface area contributed by atoms with Crippen molar-refractivity contribution >= 4 is 5.91 Å². The minimum Gasteiger partial charge on any atom is -0.394 e. The van der Waals surface area contributed by atoms with Gasteiger partial charge in [-0.25, -0.2) is 0 Å². The number of allylic oxidation sites excluding steroid dienone is 1. The monoisotopic (exact) mass is 890 g/mol. The molecule has 1 amide bonds. The first-order valence-electron chi connectivity index (χ1n) is 24.9. The van der Waals surface area contributed by atoms with Crippen molar-refractivity contribution in [1.82, 2.24) is 5.32 Å². The van der Waals surface area contributed by atoms with Crippen LogP contribution in [0.1, 0.15) is 194 Å². The van der Waals surface area contributed by atoms with Crippen LogP contribution in [0.3, 0.4) is 0 Å². The summed E-state index contributed by atoms with van der Waals surface area (Å²) in [6.07, 6.45) is 19.6. The van der Waals surface area contributed by atoms with Gasteiger partial charge < -0.3 is 65.1 Å². The average molecular weight is 890 g/mol. The van der Waals surface area contributed by atoms with Crippen LogP contribution in [-0.4, -0.2) is 140 Å². The Morgan fingerprint density at radius 3 is 1.48 bits per heavy atom. The van der Waals surface area contributed by atoms with Crippen LogP contribution in [0, 0.1) is 0 Å². The van der Waals surface area contributed by atoms with Crippen LogP contribution < -0.4 is 5.32 Å². The molecule has 2 heterocycles. The van der Waals surface area contributed by atoms with Crippen LogP contribution in [-0.2, 0) is 23.7 Å².